The number of phenolic OH excluding ortho intramolecular Hbond substituents is 1. The fraction of sp³-hybridized carbons (Fsp3) is 0.308. The zero-order valence-electron chi connectivity index (χ0n) is 19.5. The monoisotopic (exact) mass is 462 g/mol. The minimum atomic E-state index is -1.01. The van der Waals surface area contributed by atoms with Crippen LogP contribution < -0.4 is 4.74 Å². The second-order valence-electron chi connectivity index (χ2n) is 9.63. The van der Waals surface area contributed by atoms with Crippen LogP contribution in [-0.4, -0.2) is 33.2 Å². The molecule has 176 valence electrons. The molecule has 1 aliphatic rings. The molecule has 1 aliphatic carbocycles. The van der Waals surface area contributed by atoms with Gasteiger partial charge in [0.15, 0.2) is 5.75 Å². The number of hydrogen-bond acceptors (Lipinski definition) is 6. The zero-order chi connectivity index (χ0) is 24.8. The third-order valence-corrected chi connectivity index (χ3v) is 6.49. The predicted octanol–water partition coefficient (Wildman–Crippen LogP) is 5.70. The average molecular weight is 463 g/mol. The molecule has 1 aromatic heterocycles. The van der Waals surface area contributed by atoms with Crippen molar-refractivity contribution in [1.82, 2.24) is 4.98 Å². The Morgan fingerprint density at radius 1 is 1.24 bits per heavy atom. The van der Waals surface area contributed by atoms with E-state index in [1.54, 1.807) is 24.3 Å². The molecule has 8 nitrogen and oxygen atoms in total. The molecule has 8 heteroatoms. The average Bonchev–Trinajstić information content (AvgIpc) is 2.77. The molecule has 0 amide bonds. The van der Waals surface area contributed by atoms with Gasteiger partial charge in [-0.05, 0) is 59.1 Å². The lowest BCUT2D eigenvalue weighted by Gasteiger charge is -2.36. The van der Waals surface area contributed by atoms with E-state index in [9.17, 15) is 25.1 Å². The van der Waals surface area contributed by atoms with E-state index >= 15 is 0 Å². The number of aromatic hydroxyl groups is 1. The van der Waals surface area contributed by atoms with Crippen molar-refractivity contribution in [3.8, 4) is 11.5 Å². The number of nitro groups is 1. The van der Waals surface area contributed by atoms with Crippen LogP contribution in [0.25, 0.3) is 22.6 Å². The van der Waals surface area contributed by atoms with Crippen molar-refractivity contribution in [3.63, 3.8) is 0 Å². The van der Waals surface area contributed by atoms with Crippen molar-refractivity contribution in [2.24, 2.45) is 11.3 Å². The summed E-state index contributed by atoms with van der Waals surface area (Å²) in [6, 6.07) is 9.96. The number of para-hydroxylation sites is 1. The molecule has 0 bridgehead atoms. The molecule has 0 saturated heterocycles. The van der Waals surface area contributed by atoms with Crippen molar-refractivity contribution in [3.05, 3.63) is 68.9 Å². The number of methoxy groups -OCH3 is 1. The number of aromatic carboxylic acids is 1. The summed E-state index contributed by atoms with van der Waals surface area (Å²) < 4.78 is 5.14. The molecule has 1 heterocycles. The van der Waals surface area contributed by atoms with Gasteiger partial charge in [-0.15, -0.1) is 0 Å². The molecular formula is C26H26N2O6. The number of rotatable bonds is 4. The van der Waals surface area contributed by atoms with Gasteiger partial charge in [-0.3, -0.25) is 10.1 Å². The van der Waals surface area contributed by atoms with E-state index in [0.717, 1.165) is 5.57 Å². The summed E-state index contributed by atoms with van der Waals surface area (Å²) in [5.74, 6) is -1.43. The van der Waals surface area contributed by atoms with Crippen LogP contribution in [0.1, 0.15) is 54.4 Å². The van der Waals surface area contributed by atoms with Crippen LogP contribution in [0.15, 0.2) is 36.4 Å². The maximum atomic E-state index is 12.4. The van der Waals surface area contributed by atoms with Gasteiger partial charge in [0, 0.05) is 11.5 Å². The van der Waals surface area contributed by atoms with Gasteiger partial charge in [-0.1, -0.05) is 39.0 Å². The Morgan fingerprint density at radius 2 is 1.94 bits per heavy atom. The van der Waals surface area contributed by atoms with Crippen LogP contribution in [0, 0.1) is 21.4 Å². The van der Waals surface area contributed by atoms with Gasteiger partial charge >= 0.3 is 11.7 Å². The second kappa shape index (κ2) is 8.44. The Morgan fingerprint density at radius 3 is 2.56 bits per heavy atom. The Hall–Kier alpha value is -3.94. The molecule has 0 saturated carbocycles. The Labute approximate surface area is 196 Å². The minimum Gasteiger partial charge on any atom is -0.500 e. The lowest BCUT2D eigenvalue weighted by atomic mass is 9.69. The van der Waals surface area contributed by atoms with Gasteiger partial charge in [0.2, 0.25) is 5.75 Å². The maximum Gasteiger partial charge on any atom is 0.336 e. The van der Waals surface area contributed by atoms with E-state index in [2.05, 4.69) is 20.8 Å². The first kappa shape index (κ1) is 23.2. The van der Waals surface area contributed by atoms with Crippen LogP contribution in [-0.2, 0) is 6.42 Å². The van der Waals surface area contributed by atoms with E-state index in [4.69, 9.17) is 9.72 Å². The lowest BCUT2D eigenvalue weighted by molar-refractivity contribution is -0.386. The van der Waals surface area contributed by atoms with Crippen LogP contribution in [0.5, 0.6) is 11.5 Å². The summed E-state index contributed by atoms with van der Waals surface area (Å²) in [6.45, 7) is 6.34. The van der Waals surface area contributed by atoms with E-state index < -0.39 is 22.3 Å². The Bertz CT molecular complexity index is 1350. The highest BCUT2D eigenvalue weighted by molar-refractivity contribution is 6.06. The molecule has 2 N–H and O–H groups in total. The van der Waals surface area contributed by atoms with E-state index in [-0.39, 0.29) is 22.6 Å². The summed E-state index contributed by atoms with van der Waals surface area (Å²) in [5, 5.41) is 32.3. The molecule has 34 heavy (non-hydrogen) atoms. The van der Waals surface area contributed by atoms with Crippen molar-refractivity contribution >= 4 is 34.2 Å². The number of hydrogen-bond donors (Lipinski definition) is 2. The van der Waals surface area contributed by atoms with Gasteiger partial charge in [-0.2, -0.15) is 0 Å². The third kappa shape index (κ3) is 4.07. The largest absolute Gasteiger partial charge is 0.500 e. The van der Waals surface area contributed by atoms with Crippen molar-refractivity contribution in [2.45, 2.75) is 33.6 Å². The number of allylic oxidation sites excluding steroid dienone is 1. The Balaban J connectivity index is 2.01. The molecule has 4 rings (SSSR count). The summed E-state index contributed by atoms with van der Waals surface area (Å²) in [6.07, 6.45) is 2.96. The minimum absolute atomic E-state index is 0.0119. The summed E-state index contributed by atoms with van der Waals surface area (Å²) in [5.41, 5.74) is 2.75. The van der Waals surface area contributed by atoms with Gasteiger partial charge in [-0.25, -0.2) is 9.78 Å². The first-order chi connectivity index (χ1) is 16.0. The van der Waals surface area contributed by atoms with E-state index in [1.165, 1.54) is 19.2 Å². The van der Waals surface area contributed by atoms with Crippen LogP contribution >= 0.6 is 0 Å². The Kier molecular flexibility index (Phi) is 5.77. The first-order valence-electron chi connectivity index (χ1n) is 10.9. The molecule has 0 aliphatic heterocycles. The molecule has 0 fully saturated rings. The van der Waals surface area contributed by atoms with Gasteiger partial charge in [0.25, 0.3) is 0 Å². The highest BCUT2D eigenvalue weighted by Crippen LogP contribution is 2.45. The number of benzene rings is 2. The molecule has 0 spiro atoms. The van der Waals surface area contributed by atoms with E-state index in [0.29, 0.717) is 40.6 Å². The van der Waals surface area contributed by atoms with Crippen LogP contribution in [0.4, 0.5) is 5.69 Å². The lowest BCUT2D eigenvalue weighted by Crippen LogP contribution is -2.28. The summed E-state index contributed by atoms with van der Waals surface area (Å²) >= 11 is 0. The molecular weight excluding hydrogens is 436 g/mol. The highest BCUT2D eigenvalue weighted by atomic mass is 16.6. The maximum absolute atomic E-state index is 12.4. The highest BCUT2D eigenvalue weighted by Gasteiger charge is 2.35. The standard InChI is InChI=1S/C26H26N2O6/c1-26(2,3)16-12-15(9-14-10-20(28(32)33)24(29)21(11-14)34-4)23-18(13-16)22(25(30)31)17-7-5-6-8-19(17)27-23/h5-11,16,29H,12-13H2,1-4H3,(H,30,31). The summed E-state index contributed by atoms with van der Waals surface area (Å²) in [7, 11) is 1.33. The number of carboxylic acids is 1. The number of aromatic nitrogens is 1. The van der Waals surface area contributed by atoms with Gasteiger partial charge < -0.3 is 14.9 Å². The van der Waals surface area contributed by atoms with Crippen LogP contribution in [0.2, 0.25) is 0 Å². The quantitative estimate of drug-likeness (QED) is 0.376. The fourth-order valence-electron chi connectivity index (χ4n) is 4.57. The molecule has 2 aromatic carbocycles. The van der Waals surface area contributed by atoms with E-state index in [1.807, 2.05) is 6.07 Å². The number of carbonyl (C=O) groups is 1. The molecule has 0 radical (unpaired) electrons. The SMILES string of the molecule is COc1cc(C=C2CC(C(C)(C)C)Cc3c2nc2ccccc2c3C(=O)O)cc([N+](=O)[O-])c1O. The van der Waals surface area contributed by atoms with Crippen LogP contribution in [0.3, 0.4) is 0 Å². The van der Waals surface area contributed by atoms with Gasteiger partial charge in [0.05, 0.1) is 28.8 Å². The first-order valence-corrected chi connectivity index (χ1v) is 10.9. The summed E-state index contributed by atoms with van der Waals surface area (Å²) in [4.78, 5) is 28.0. The number of fused-ring (bicyclic) bond motifs is 2. The zero-order valence-corrected chi connectivity index (χ0v) is 19.5. The number of nitro benzene ring substituents is 1. The van der Waals surface area contributed by atoms with Gasteiger partial charge in [0.1, 0.15) is 0 Å². The second-order valence-corrected chi connectivity index (χ2v) is 9.63. The molecule has 3 aromatic rings. The van der Waals surface area contributed by atoms with Crippen molar-refractivity contribution < 1.29 is 24.7 Å². The topological polar surface area (TPSA) is 123 Å². The third-order valence-electron chi connectivity index (χ3n) is 6.49. The number of pyridine rings is 1. The number of phenols is 1. The predicted molar refractivity (Wildman–Crippen MR) is 129 cm³/mol. The van der Waals surface area contributed by atoms with Crippen molar-refractivity contribution in [1.29, 1.82) is 0 Å². The fourth-order valence-corrected chi connectivity index (χ4v) is 4.57. The molecule has 1 atom stereocenters. The number of nitrogens with zero attached hydrogens (tertiary/aromatic N) is 2. The number of ether oxygens (including phenoxy) is 1. The van der Waals surface area contributed by atoms with Crippen molar-refractivity contribution in [2.75, 3.05) is 7.11 Å². The molecule has 1 unspecified atom stereocenters. The number of carboxylic acid groups (broad SMARTS) is 1. The smallest absolute Gasteiger partial charge is 0.336 e. The normalized spacial score (nSPS) is 16.9.